The predicted molar refractivity (Wildman–Crippen MR) is 148 cm³/mol. The molecule has 1 aromatic carbocycles. The number of benzene rings is 1. The average Bonchev–Trinajstić information content (AvgIpc) is 3.69. The SMILES string of the molecule is CC(C)COc1cc(F)cc(-c2ccc(C(=O)NS(=O)(=O)c3cccc(N)n3)c(N(CC3CC3)C(C)C)n2)c1. The van der Waals surface area contributed by atoms with Gasteiger partial charge < -0.3 is 15.4 Å². The van der Waals surface area contributed by atoms with Crippen LogP contribution in [0.1, 0.15) is 50.9 Å². The average molecular weight is 556 g/mol. The second-order valence-electron chi connectivity index (χ2n) is 10.5. The first-order valence-electron chi connectivity index (χ1n) is 12.9. The molecular weight excluding hydrogens is 521 g/mol. The molecule has 2 aromatic heterocycles. The molecule has 9 nitrogen and oxygen atoms in total. The number of halogens is 1. The summed E-state index contributed by atoms with van der Waals surface area (Å²) in [6.07, 6.45) is 2.14. The molecule has 2 heterocycles. The van der Waals surface area contributed by atoms with E-state index < -0.39 is 21.7 Å². The first-order valence-corrected chi connectivity index (χ1v) is 14.4. The topological polar surface area (TPSA) is 128 Å². The molecule has 1 aliphatic carbocycles. The van der Waals surface area contributed by atoms with E-state index in [1.54, 1.807) is 12.1 Å². The van der Waals surface area contributed by atoms with Crippen LogP contribution >= 0.6 is 0 Å². The molecule has 11 heteroatoms. The summed E-state index contributed by atoms with van der Waals surface area (Å²) >= 11 is 0. The maximum Gasteiger partial charge on any atom is 0.281 e. The molecule has 0 aliphatic heterocycles. The lowest BCUT2D eigenvalue weighted by molar-refractivity contribution is 0.0981. The van der Waals surface area contributed by atoms with Crippen LogP contribution in [0.5, 0.6) is 5.75 Å². The van der Waals surface area contributed by atoms with Crippen LogP contribution in [0.25, 0.3) is 11.3 Å². The minimum Gasteiger partial charge on any atom is -0.493 e. The maximum absolute atomic E-state index is 14.5. The van der Waals surface area contributed by atoms with Crippen molar-refractivity contribution >= 4 is 27.6 Å². The molecule has 0 spiro atoms. The Morgan fingerprint density at radius 1 is 1.13 bits per heavy atom. The van der Waals surface area contributed by atoms with Crippen LogP contribution in [0.3, 0.4) is 0 Å². The summed E-state index contributed by atoms with van der Waals surface area (Å²) < 4.78 is 48.2. The van der Waals surface area contributed by atoms with Gasteiger partial charge in [0.2, 0.25) is 0 Å². The van der Waals surface area contributed by atoms with Gasteiger partial charge >= 0.3 is 0 Å². The van der Waals surface area contributed by atoms with Crippen molar-refractivity contribution in [3.63, 3.8) is 0 Å². The number of nitrogens with two attached hydrogens (primary N) is 1. The third kappa shape index (κ3) is 7.23. The van der Waals surface area contributed by atoms with Gasteiger partial charge in [0, 0.05) is 24.2 Å². The molecule has 39 heavy (non-hydrogen) atoms. The number of pyridine rings is 2. The van der Waals surface area contributed by atoms with E-state index in [0.29, 0.717) is 41.9 Å². The normalized spacial score (nSPS) is 13.5. The summed E-state index contributed by atoms with van der Waals surface area (Å²) in [5.74, 6) is 0.101. The number of anilines is 2. The van der Waals surface area contributed by atoms with Crippen molar-refractivity contribution in [2.75, 3.05) is 23.8 Å². The van der Waals surface area contributed by atoms with Gasteiger partial charge in [-0.15, -0.1) is 0 Å². The molecular formula is C28H34FN5O4S. The minimum atomic E-state index is -4.29. The monoisotopic (exact) mass is 555 g/mol. The van der Waals surface area contributed by atoms with Crippen LogP contribution in [0, 0.1) is 17.7 Å². The molecule has 3 N–H and O–H groups in total. The van der Waals surface area contributed by atoms with Crippen LogP contribution in [-0.2, 0) is 10.0 Å². The zero-order valence-electron chi connectivity index (χ0n) is 22.5. The summed E-state index contributed by atoms with van der Waals surface area (Å²) in [6, 6.07) is 11.6. The van der Waals surface area contributed by atoms with E-state index >= 15 is 0 Å². The Bertz CT molecular complexity index is 1460. The van der Waals surface area contributed by atoms with Gasteiger partial charge in [0.25, 0.3) is 15.9 Å². The molecule has 1 saturated carbocycles. The predicted octanol–water partition coefficient (Wildman–Crippen LogP) is 4.64. The van der Waals surface area contributed by atoms with E-state index in [-0.39, 0.29) is 28.4 Å². The molecule has 208 valence electrons. The van der Waals surface area contributed by atoms with Crippen molar-refractivity contribution in [3.8, 4) is 17.0 Å². The molecule has 1 amide bonds. The van der Waals surface area contributed by atoms with E-state index in [0.717, 1.165) is 12.8 Å². The van der Waals surface area contributed by atoms with E-state index in [4.69, 9.17) is 15.5 Å². The number of nitrogens with zero attached hydrogens (tertiary/aromatic N) is 3. The Hall–Kier alpha value is -3.73. The lowest BCUT2D eigenvalue weighted by Crippen LogP contribution is -2.37. The standard InChI is InChI=1S/C28H34FN5O4S/c1-17(2)16-38-22-13-20(12-21(29)14-22)24-11-10-23(27(31-24)34(18(3)4)15-19-8-9-19)28(35)33-39(36,37)26-7-5-6-25(30)32-26/h5-7,10-14,17-19H,8-9,15-16H2,1-4H3,(H2,30,32)(H,33,35). The first-order chi connectivity index (χ1) is 18.4. The van der Waals surface area contributed by atoms with E-state index in [1.807, 2.05) is 32.6 Å². The van der Waals surface area contributed by atoms with Crippen molar-refractivity contribution in [1.82, 2.24) is 14.7 Å². The van der Waals surface area contributed by atoms with E-state index in [9.17, 15) is 17.6 Å². The number of amides is 1. The van der Waals surface area contributed by atoms with E-state index in [2.05, 4.69) is 9.71 Å². The fraction of sp³-hybridized carbons (Fsp3) is 0.393. The molecule has 0 bridgehead atoms. The van der Waals surface area contributed by atoms with Crippen molar-refractivity contribution in [2.45, 2.75) is 51.6 Å². The minimum absolute atomic E-state index is 0.0132. The van der Waals surface area contributed by atoms with Gasteiger partial charge in [0.1, 0.15) is 23.2 Å². The van der Waals surface area contributed by atoms with Crippen LogP contribution in [-0.4, -0.2) is 43.5 Å². The lowest BCUT2D eigenvalue weighted by Gasteiger charge is -2.30. The number of rotatable bonds is 11. The number of ether oxygens (including phenoxy) is 1. The number of aromatic nitrogens is 2. The Labute approximate surface area is 228 Å². The van der Waals surface area contributed by atoms with Crippen LogP contribution in [0.2, 0.25) is 0 Å². The third-order valence-electron chi connectivity index (χ3n) is 6.16. The van der Waals surface area contributed by atoms with Crippen LogP contribution < -0.4 is 20.1 Å². The number of carbonyl (C=O) groups excluding carboxylic acids is 1. The maximum atomic E-state index is 14.5. The van der Waals surface area contributed by atoms with Crippen molar-refractivity contribution in [2.24, 2.45) is 11.8 Å². The Balaban J connectivity index is 1.74. The Morgan fingerprint density at radius 2 is 1.87 bits per heavy atom. The van der Waals surface area contributed by atoms with Gasteiger partial charge in [0.15, 0.2) is 5.03 Å². The van der Waals surface area contributed by atoms with E-state index in [1.165, 1.54) is 36.4 Å². The van der Waals surface area contributed by atoms with Gasteiger partial charge in [-0.25, -0.2) is 19.1 Å². The van der Waals surface area contributed by atoms with Crippen LogP contribution in [0.15, 0.2) is 53.6 Å². The fourth-order valence-corrected chi connectivity index (χ4v) is 4.93. The highest BCUT2D eigenvalue weighted by molar-refractivity contribution is 7.90. The van der Waals surface area contributed by atoms with Gasteiger partial charge in [-0.05, 0) is 74.9 Å². The number of nitrogens with one attached hydrogen (secondary N) is 1. The number of sulfonamides is 1. The summed E-state index contributed by atoms with van der Waals surface area (Å²) in [7, 11) is -4.29. The number of carbonyl (C=O) groups is 1. The molecule has 3 aromatic rings. The first kappa shape index (κ1) is 28.3. The molecule has 1 fully saturated rings. The second-order valence-corrected chi connectivity index (χ2v) is 12.1. The summed E-state index contributed by atoms with van der Waals surface area (Å²) in [4.78, 5) is 24.0. The second kappa shape index (κ2) is 11.6. The largest absolute Gasteiger partial charge is 0.493 e. The zero-order chi connectivity index (χ0) is 28.3. The molecule has 4 rings (SSSR count). The molecule has 0 atom stereocenters. The Kier molecular flexibility index (Phi) is 8.39. The molecule has 1 aliphatic rings. The quantitative estimate of drug-likeness (QED) is 0.350. The van der Waals surface area contributed by atoms with Crippen molar-refractivity contribution in [1.29, 1.82) is 0 Å². The Morgan fingerprint density at radius 3 is 2.51 bits per heavy atom. The highest BCUT2D eigenvalue weighted by Gasteiger charge is 2.30. The molecule has 0 radical (unpaired) electrons. The molecule has 0 saturated heterocycles. The van der Waals surface area contributed by atoms with Crippen molar-refractivity contribution in [3.05, 3.63) is 59.9 Å². The summed E-state index contributed by atoms with van der Waals surface area (Å²) in [5, 5.41) is -0.366. The fourth-order valence-electron chi connectivity index (χ4n) is 3.99. The number of hydrogen-bond donors (Lipinski definition) is 2. The highest BCUT2D eigenvalue weighted by atomic mass is 32.2. The summed E-state index contributed by atoms with van der Waals surface area (Å²) in [6.45, 7) is 9.05. The zero-order valence-corrected chi connectivity index (χ0v) is 23.3. The van der Waals surface area contributed by atoms with Gasteiger partial charge in [0.05, 0.1) is 17.9 Å². The van der Waals surface area contributed by atoms with Gasteiger partial charge in [-0.2, -0.15) is 8.42 Å². The third-order valence-corrected chi connectivity index (χ3v) is 7.40. The van der Waals surface area contributed by atoms with Gasteiger partial charge in [-0.3, -0.25) is 4.79 Å². The lowest BCUT2D eigenvalue weighted by atomic mass is 10.1. The number of nitrogen functional groups attached to an aromatic ring is 1. The number of hydrogen-bond acceptors (Lipinski definition) is 8. The summed E-state index contributed by atoms with van der Waals surface area (Å²) in [5.41, 5.74) is 6.62. The van der Waals surface area contributed by atoms with Gasteiger partial charge in [-0.1, -0.05) is 19.9 Å². The van der Waals surface area contributed by atoms with Crippen LogP contribution in [0.4, 0.5) is 16.0 Å². The molecule has 0 unspecified atom stereocenters. The van der Waals surface area contributed by atoms with Crippen molar-refractivity contribution < 1.29 is 22.3 Å². The smallest absolute Gasteiger partial charge is 0.281 e. The highest BCUT2D eigenvalue weighted by Crippen LogP contribution is 2.34.